The Morgan fingerprint density at radius 1 is 1.47 bits per heavy atom. The highest BCUT2D eigenvalue weighted by atomic mass is 32.2. The van der Waals surface area contributed by atoms with Crippen molar-refractivity contribution in [1.82, 2.24) is 10.2 Å². The van der Waals surface area contributed by atoms with Crippen LogP contribution >= 0.6 is 0 Å². The smallest absolute Gasteiger partial charge is 0.153 e. The van der Waals surface area contributed by atoms with Crippen molar-refractivity contribution >= 4 is 9.84 Å². The third-order valence-electron chi connectivity index (χ3n) is 3.29. The molecule has 1 unspecified atom stereocenters. The summed E-state index contributed by atoms with van der Waals surface area (Å²) in [6, 6.07) is 0.514. The first kappa shape index (κ1) is 12.9. The SMILES string of the molecule is CNC1CCN(CC(C)(C)S(C)(=O)=O)C1. The van der Waals surface area contributed by atoms with Crippen LogP contribution in [-0.4, -0.2) is 57.0 Å². The average Bonchev–Trinajstić information content (AvgIpc) is 2.49. The minimum Gasteiger partial charge on any atom is -0.316 e. The van der Waals surface area contributed by atoms with Crippen molar-refractivity contribution in [3.63, 3.8) is 0 Å². The van der Waals surface area contributed by atoms with Gasteiger partial charge in [0.1, 0.15) is 0 Å². The Morgan fingerprint density at radius 3 is 2.47 bits per heavy atom. The zero-order valence-electron chi connectivity index (χ0n) is 10.1. The Bertz CT molecular complexity index is 311. The third kappa shape index (κ3) is 3.16. The fraction of sp³-hybridized carbons (Fsp3) is 1.00. The van der Waals surface area contributed by atoms with Crippen LogP contribution in [0.25, 0.3) is 0 Å². The Balaban J connectivity index is 2.57. The predicted molar refractivity (Wildman–Crippen MR) is 62.8 cm³/mol. The molecule has 5 heteroatoms. The van der Waals surface area contributed by atoms with Gasteiger partial charge >= 0.3 is 0 Å². The van der Waals surface area contributed by atoms with Gasteiger partial charge in [-0.1, -0.05) is 0 Å². The zero-order chi connectivity index (χ0) is 11.7. The highest BCUT2D eigenvalue weighted by Gasteiger charge is 2.34. The summed E-state index contributed by atoms with van der Waals surface area (Å²) in [5.74, 6) is 0. The molecule has 0 aromatic carbocycles. The standard InChI is InChI=1S/C10H22N2O2S/c1-10(2,15(4,13)14)8-12-6-5-9(7-12)11-3/h9,11H,5-8H2,1-4H3. The van der Waals surface area contributed by atoms with Crippen LogP contribution in [0, 0.1) is 0 Å². The molecule has 15 heavy (non-hydrogen) atoms. The maximum absolute atomic E-state index is 11.5. The lowest BCUT2D eigenvalue weighted by Gasteiger charge is -2.28. The lowest BCUT2D eigenvalue weighted by atomic mass is 10.2. The van der Waals surface area contributed by atoms with Crippen LogP contribution in [0.1, 0.15) is 20.3 Å². The van der Waals surface area contributed by atoms with Crippen molar-refractivity contribution in [2.75, 3.05) is 32.9 Å². The Labute approximate surface area is 93.0 Å². The lowest BCUT2D eigenvalue weighted by Crippen LogP contribution is -2.44. The number of nitrogens with zero attached hydrogens (tertiary/aromatic N) is 1. The zero-order valence-corrected chi connectivity index (χ0v) is 10.9. The fourth-order valence-electron chi connectivity index (χ4n) is 1.87. The number of hydrogen-bond donors (Lipinski definition) is 1. The molecule has 1 aliphatic heterocycles. The molecule has 1 atom stereocenters. The molecule has 1 N–H and O–H groups in total. The second-order valence-electron chi connectivity index (χ2n) is 5.04. The molecule has 1 rings (SSSR count). The molecule has 0 aromatic heterocycles. The van der Waals surface area contributed by atoms with E-state index in [0.29, 0.717) is 12.6 Å². The van der Waals surface area contributed by atoms with E-state index in [1.807, 2.05) is 7.05 Å². The Hall–Kier alpha value is -0.130. The van der Waals surface area contributed by atoms with Gasteiger partial charge in [-0.3, -0.25) is 0 Å². The van der Waals surface area contributed by atoms with Gasteiger partial charge in [0, 0.05) is 25.4 Å². The van der Waals surface area contributed by atoms with E-state index in [9.17, 15) is 8.42 Å². The largest absolute Gasteiger partial charge is 0.316 e. The van der Waals surface area contributed by atoms with Gasteiger partial charge in [-0.05, 0) is 33.9 Å². The summed E-state index contributed by atoms with van der Waals surface area (Å²) in [6.07, 6.45) is 2.43. The van der Waals surface area contributed by atoms with Crippen LogP contribution in [0.3, 0.4) is 0 Å². The maximum Gasteiger partial charge on any atom is 0.153 e. The van der Waals surface area contributed by atoms with E-state index in [-0.39, 0.29) is 0 Å². The van der Waals surface area contributed by atoms with E-state index >= 15 is 0 Å². The van der Waals surface area contributed by atoms with E-state index in [0.717, 1.165) is 19.5 Å². The maximum atomic E-state index is 11.5. The van der Waals surface area contributed by atoms with Crippen LogP contribution in [0.2, 0.25) is 0 Å². The second-order valence-corrected chi connectivity index (χ2v) is 7.69. The molecule has 0 aromatic rings. The molecule has 4 nitrogen and oxygen atoms in total. The number of likely N-dealkylation sites (tertiary alicyclic amines) is 1. The number of hydrogen-bond acceptors (Lipinski definition) is 4. The minimum atomic E-state index is -2.98. The first-order valence-corrected chi connectivity index (χ1v) is 7.24. The van der Waals surface area contributed by atoms with Gasteiger partial charge in [0.2, 0.25) is 0 Å². The number of likely N-dealkylation sites (N-methyl/N-ethyl adjacent to an activating group) is 1. The minimum absolute atomic E-state index is 0.514. The predicted octanol–water partition coefficient (Wildman–Crippen LogP) is 0.103. The molecular formula is C10H22N2O2S. The third-order valence-corrected chi connectivity index (χ3v) is 5.43. The molecule has 90 valence electrons. The normalized spacial score (nSPS) is 24.7. The highest BCUT2D eigenvalue weighted by molar-refractivity contribution is 7.92. The van der Waals surface area contributed by atoms with Crippen molar-refractivity contribution in [2.45, 2.75) is 31.1 Å². The van der Waals surface area contributed by atoms with Crippen molar-refractivity contribution in [3.05, 3.63) is 0 Å². The molecule has 1 saturated heterocycles. The fourth-order valence-corrected chi connectivity index (χ4v) is 2.28. The summed E-state index contributed by atoms with van der Waals surface area (Å²) in [5.41, 5.74) is 0. The van der Waals surface area contributed by atoms with Gasteiger partial charge < -0.3 is 10.2 Å². The molecule has 0 bridgehead atoms. The summed E-state index contributed by atoms with van der Waals surface area (Å²) < 4.78 is 22.5. The topological polar surface area (TPSA) is 49.4 Å². The summed E-state index contributed by atoms with van der Waals surface area (Å²) in [4.78, 5) is 2.22. The van der Waals surface area contributed by atoms with Gasteiger partial charge in [-0.15, -0.1) is 0 Å². The van der Waals surface area contributed by atoms with Crippen LogP contribution in [0.4, 0.5) is 0 Å². The summed E-state index contributed by atoms with van der Waals surface area (Å²) in [5, 5.41) is 3.23. The number of nitrogens with one attached hydrogen (secondary N) is 1. The van der Waals surface area contributed by atoms with Crippen molar-refractivity contribution in [3.8, 4) is 0 Å². The lowest BCUT2D eigenvalue weighted by molar-refractivity contribution is 0.299. The summed E-state index contributed by atoms with van der Waals surface area (Å²) in [6.45, 7) is 6.17. The second kappa shape index (κ2) is 4.39. The van der Waals surface area contributed by atoms with Gasteiger partial charge in [0.25, 0.3) is 0 Å². The van der Waals surface area contributed by atoms with Gasteiger partial charge in [0.05, 0.1) is 4.75 Å². The number of rotatable bonds is 4. The molecule has 0 radical (unpaired) electrons. The molecule has 0 spiro atoms. The van der Waals surface area contributed by atoms with E-state index in [4.69, 9.17) is 0 Å². The highest BCUT2D eigenvalue weighted by Crippen LogP contribution is 2.19. The van der Waals surface area contributed by atoms with Crippen molar-refractivity contribution < 1.29 is 8.42 Å². The van der Waals surface area contributed by atoms with E-state index in [1.165, 1.54) is 6.26 Å². The molecule has 1 aliphatic rings. The molecule has 0 saturated carbocycles. The van der Waals surface area contributed by atoms with Crippen LogP contribution in [-0.2, 0) is 9.84 Å². The molecular weight excluding hydrogens is 212 g/mol. The van der Waals surface area contributed by atoms with Crippen molar-refractivity contribution in [2.24, 2.45) is 0 Å². The summed E-state index contributed by atoms with van der Waals surface area (Å²) in [7, 11) is -1.02. The molecule has 0 amide bonds. The Morgan fingerprint density at radius 2 is 2.07 bits per heavy atom. The molecule has 1 fully saturated rings. The van der Waals surface area contributed by atoms with Crippen LogP contribution < -0.4 is 5.32 Å². The summed E-state index contributed by atoms with van der Waals surface area (Å²) >= 11 is 0. The van der Waals surface area contributed by atoms with Gasteiger partial charge in [0.15, 0.2) is 9.84 Å². The van der Waals surface area contributed by atoms with Crippen molar-refractivity contribution in [1.29, 1.82) is 0 Å². The quantitative estimate of drug-likeness (QED) is 0.750. The van der Waals surface area contributed by atoms with Crippen LogP contribution in [0.5, 0.6) is 0 Å². The first-order chi connectivity index (χ1) is 6.76. The van der Waals surface area contributed by atoms with Gasteiger partial charge in [-0.2, -0.15) is 0 Å². The molecule has 1 heterocycles. The monoisotopic (exact) mass is 234 g/mol. The van der Waals surface area contributed by atoms with Gasteiger partial charge in [-0.25, -0.2) is 8.42 Å². The van der Waals surface area contributed by atoms with E-state index < -0.39 is 14.6 Å². The average molecular weight is 234 g/mol. The van der Waals surface area contributed by atoms with Crippen LogP contribution in [0.15, 0.2) is 0 Å². The first-order valence-electron chi connectivity index (χ1n) is 5.35. The Kier molecular flexibility index (Phi) is 3.79. The van der Waals surface area contributed by atoms with E-state index in [2.05, 4.69) is 10.2 Å². The molecule has 0 aliphatic carbocycles. The van der Waals surface area contributed by atoms with E-state index in [1.54, 1.807) is 13.8 Å². The number of sulfone groups is 1.